The van der Waals surface area contributed by atoms with Crippen molar-refractivity contribution in [2.75, 3.05) is 0 Å². The van der Waals surface area contributed by atoms with Crippen LogP contribution in [0.1, 0.15) is 27.0 Å². The van der Waals surface area contributed by atoms with Crippen LogP contribution in [-0.2, 0) is 19.6 Å². The van der Waals surface area contributed by atoms with Crippen molar-refractivity contribution in [2.24, 2.45) is 0 Å². The number of pyridine rings is 2. The Hall–Kier alpha value is -4.58. The molecule has 6 heteroatoms. The van der Waals surface area contributed by atoms with Gasteiger partial charge >= 0.3 is 0 Å². The third-order valence-electron chi connectivity index (χ3n) is 6.05. The Bertz CT molecular complexity index is 1510. The smallest absolute Gasteiger partial charge is 0.265 e. The molecule has 0 unspecified atom stereocenters. The molecule has 0 fully saturated rings. The predicted octanol–water partition coefficient (Wildman–Crippen LogP) is 5.43. The molecule has 0 spiro atoms. The molecule has 0 aliphatic heterocycles. The van der Waals surface area contributed by atoms with Gasteiger partial charge in [-0.2, -0.15) is 0 Å². The molecule has 2 heterocycles. The summed E-state index contributed by atoms with van der Waals surface area (Å²) < 4.78 is 14.9. The summed E-state index contributed by atoms with van der Waals surface area (Å²) >= 11 is 0. The van der Waals surface area contributed by atoms with E-state index < -0.39 is 5.56 Å². The van der Waals surface area contributed by atoms with Gasteiger partial charge in [-0.05, 0) is 47.0 Å². The van der Waals surface area contributed by atoms with Gasteiger partial charge in [0.1, 0.15) is 17.0 Å². The quantitative estimate of drug-likeness (QED) is 0.314. The summed E-state index contributed by atoms with van der Waals surface area (Å²) in [7, 11) is 0. The van der Waals surface area contributed by atoms with Crippen LogP contribution >= 0.6 is 0 Å². The fraction of sp³-hybridized carbons (Fsp3) is 0.100. The normalized spacial score (nSPS) is 10.9. The summed E-state index contributed by atoms with van der Waals surface area (Å²) in [5.41, 5.74) is 2.79. The van der Waals surface area contributed by atoms with E-state index >= 15 is 0 Å². The molecule has 0 aliphatic carbocycles. The number of carbonyl (C=O) groups excluding carboxylic acids is 1. The summed E-state index contributed by atoms with van der Waals surface area (Å²) in [6.07, 6.45) is 1.61. The number of nitrogens with zero attached hydrogens (tertiary/aromatic N) is 3. The number of amides is 1. The second-order valence-corrected chi connectivity index (χ2v) is 8.62. The Balaban J connectivity index is 1.58. The van der Waals surface area contributed by atoms with E-state index in [1.54, 1.807) is 35.4 Å². The van der Waals surface area contributed by atoms with E-state index in [0.717, 1.165) is 16.7 Å². The standard InChI is InChI=1S/C30H24FN3O2/c31-26-15-13-24(14-16-26)21-34-28-25(12-7-17-32-28)18-27(30(34)36)29(35)33(19-22-8-3-1-4-9-22)20-23-10-5-2-6-11-23/h1-18H,19-21H2. The molecule has 178 valence electrons. The Labute approximate surface area is 208 Å². The van der Waals surface area contributed by atoms with Crippen molar-refractivity contribution in [1.29, 1.82) is 0 Å². The molecule has 0 N–H and O–H groups in total. The Morgan fingerprint density at radius 3 is 2.00 bits per heavy atom. The van der Waals surface area contributed by atoms with Crippen LogP contribution in [0.15, 0.2) is 114 Å². The van der Waals surface area contributed by atoms with Crippen molar-refractivity contribution < 1.29 is 9.18 Å². The highest BCUT2D eigenvalue weighted by molar-refractivity contribution is 5.97. The van der Waals surface area contributed by atoms with Crippen LogP contribution in [0.3, 0.4) is 0 Å². The molecule has 2 aromatic heterocycles. The lowest BCUT2D eigenvalue weighted by Crippen LogP contribution is -2.36. The molecule has 5 nitrogen and oxygen atoms in total. The largest absolute Gasteiger partial charge is 0.330 e. The maximum absolute atomic E-state index is 13.9. The van der Waals surface area contributed by atoms with Crippen LogP contribution in [0.5, 0.6) is 0 Å². The highest BCUT2D eigenvalue weighted by Crippen LogP contribution is 2.17. The molecule has 0 atom stereocenters. The third-order valence-corrected chi connectivity index (χ3v) is 6.05. The zero-order chi connectivity index (χ0) is 24.9. The molecule has 5 aromatic rings. The van der Waals surface area contributed by atoms with Crippen molar-refractivity contribution in [1.82, 2.24) is 14.5 Å². The van der Waals surface area contributed by atoms with Crippen molar-refractivity contribution in [3.8, 4) is 0 Å². The first kappa shape index (κ1) is 23.2. The van der Waals surface area contributed by atoms with Crippen LogP contribution in [0, 0.1) is 5.82 Å². The zero-order valence-corrected chi connectivity index (χ0v) is 19.5. The van der Waals surface area contributed by atoms with Gasteiger partial charge in [0.05, 0.1) is 6.54 Å². The molecule has 1 amide bonds. The van der Waals surface area contributed by atoms with Crippen molar-refractivity contribution in [2.45, 2.75) is 19.6 Å². The average Bonchev–Trinajstić information content (AvgIpc) is 2.91. The van der Waals surface area contributed by atoms with Crippen LogP contribution < -0.4 is 5.56 Å². The minimum Gasteiger partial charge on any atom is -0.330 e. The molecule has 5 rings (SSSR count). The number of carbonyl (C=O) groups is 1. The molecule has 36 heavy (non-hydrogen) atoms. The fourth-order valence-electron chi connectivity index (χ4n) is 4.26. The zero-order valence-electron chi connectivity index (χ0n) is 19.5. The number of hydrogen-bond acceptors (Lipinski definition) is 3. The molecular weight excluding hydrogens is 453 g/mol. The number of halogens is 1. The molecule has 0 saturated heterocycles. The van der Waals surface area contributed by atoms with Gasteiger partial charge in [0.2, 0.25) is 0 Å². The van der Waals surface area contributed by atoms with Crippen molar-refractivity contribution in [3.05, 3.63) is 148 Å². The average molecular weight is 478 g/mol. The first-order valence-corrected chi connectivity index (χ1v) is 11.7. The number of benzene rings is 3. The fourth-order valence-corrected chi connectivity index (χ4v) is 4.26. The topological polar surface area (TPSA) is 55.2 Å². The Morgan fingerprint density at radius 1 is 0.778 bits per heavy atom. The van der Waals surface area contributed by atoms with E-state index in [1.807, 2.05) is 66.7 Å². The molecule has 3 aromatic carbocycles. The van der Waals surface area contributed by atoms with Gasteiger partial charge in [0, 0.05) is 24.7 Å². The van der Waals surface area contributed by atoms with Crippen LogP contribution in [-0.4, -0.2) is 20.4 Å². The lowest BCUT2D eigenvalue weighted by Gasteiger charge is -2.24. The van der Waals surface area contributed by atoms with Gasteiger partial charge in [0.25, 0.3) is 11.5 Å². The maximum atomic E-state index is 13.9. The molecule has 0 radical (unpaired) electrons. The summed E-state index contributed by atoms with van der Waals surface area (Å²) in [6, 6.07) is 30.6. The summed E-state index contributed by atoms with van der Waals surface area (Å²) in [6.45, 7) is 0.888. The Kier molecular flexibility index (Phi) is 6.67. The third kappa shape index (κ3) is 5.08. The van der Waals surface area contributed by atoms with E-state index in [2.05, 4.69) is 4.98 Å². The van der Waals surface area contributed by atoms with E-state index in [-0.39, 0.29) is 23.8 Å². The first-order valence-electron chi connectivity index (χ1n) is 11.7. The van der Waals surface area contributed by atoms with Gasteiger partial charge in [-0.3, -0.25) is 14.2 Å². The highest BCUT2D eigenvalue weighted by atomic mass is 19.1. The number of rotatable bonds is 7. The molecule has 0 saturated carbocycles. The second-order valence-electron chi connectivity index (χ2n) is 8.62. The predicted molar refractivity (Wildman–Crippen MR) is 138 cm³/mol. The minimum absolute atomic E-state index is 0.0736. The van der Waals surface area contributed by atoms with E-state index in [0.29, 0.717) is 24.1 Å². The highest BCUT2D eigenvalue weighted by Gasteiger charge is 2.22. The van der Waals surface area contributed by atoms with E-state index in [9.17, 15) is 14.0 Å². The monoisotopic (exact) mass is 477 g/mol. The number of hydrogen-bond donors (Lipinski definition) is 0. The Morgan fingerprint density at radius 2 is 1.39 bits per heavy atom. The summed E-state index contributed by atoms with van der Waals surface area (Å²) in [4.78, 5) is 33.7. The summed E-state index contributed by atoms with van der Waals surface area (Å²) in [5, 5.41) is 0.682. The molecule has 0 aliphatic rings. The van der Waals surface area contributed by atoms with Crippen molar-refractivity contribution in [3.63, 3.8) is 0 Å². The van der Waals surface area contributed by atoms with Gasteiger partial charge in [-0.25, -0.2) is 9.37 Å². The van der Waals surface area contributed by atoms with Crippen molar-refractivity contribution >= 4 is 16.9 Å². The lowest BCUT2D eigenvalue weighted by atomic mass is 10.1. The van der Waals surface area contributed by atoms with Gasteiger partial charge in [0.15, 0.2) is 0 Å². The minimum atomic E-state index is -0.429. The van der Waals surface area contributed by atoms with Gasteiger partial charge in [-0.15, -0.1) is 0 Å². The van der Waals surface area contributed by atoms with Gasteiger partial charge < -0.3 is 4.90 Å². The van der Waals surface area contributed by atoms with E-state index in [4.69, 9.17) is 0 Å². The van der Waals surface area contributed by atoms with Crippen LogP contribution in [0.2, 0.25) is 0 Å². The number of fused-ring (bicyclic) bond motifs is 1. The maximum Gasteiger partial charge on any atom is 0.265 e. The van der Waals surface area contributed by atoms with E-state index in [1.165, 1.54) is 16.7 Å². The molecular formula is C30H24FN3O2. The van der Waals surface area contributed by atoms with Crippen LogP contribution in [0.4, 0.5) is 4.39 Å². The number of aromatic nitrogens is 2. The lowest BCUT2D eigenvalue weighted by molar-refractivity contribution is 0.0728. The SMILES string of the molecule is O=C(c1cc2cccnc2n(Cc2ccc(F)cc2)c1=O)N(Cc1ccccc1)Cc1ccccc1. The molecule has 0 bridgehead atoms. The van der Waals surface area contributed by atoms with Gasteiger partial charge in [-0.1, -0.05) is 72.8 Å². The van der Waals surface area contributed by atoms with Crippen LogP contribution in [0.25, 0.3) is 11.0 Å². The second kappa shape index (κ2) is 10.4. The first-order chi connectivity index (χ1) is 17.6. The summed E-state index contributed by atoms with van der Waals surface area (Å²) in [5.74, 6) is -0.707.